The highest BCUT2D eigenvalue weighted by Gasteiger charge is 2.36. The van der Waals surface area contributed by atoms with Gasteiger partial charge in [0.1, 0.15) is 0 Å². The van der Waals surface area contributed by atoms with Crippen LogP contribution in [0.1, 0.15) is 44.0 Å². The number of aryl methyl sites for hydroxylation is 1. The van der Waals surface area contributed by atoms with Crippen LogP contribution in [-0.2, 0) is 5.54 Å². The van der Waals surface area contributed by atoms with Crippen LogP contribution in [0.2, 0.25) is 5.02 Å². The molecule has 5 heteroatoms. The van der Waals surface area contributed by atoms with Gasteiger partial charge < -0.3 is 10.3 Å². The topological polar surface area (TPSA) is 64.9 Å². The monoisotopic (exact) mass is 305 g/mol. The van der Waals surface area contributed by atoms with Gasteiger partial charge in [-0.25, -0.2) is 0 Å². The number of halogens is 1. The van der Waals surface area contributed by atoms with Gasteiger partial charge in [0.2, 0.25) is 0 Å². The van der Waals surface area contributed by atoms with Gasteiger partial charge >= 0.3 is 0 Å². The minimum absolute atomic E-state index is 0.449. The lowest BCUT2D eigenvalue weighted by Crippen LogP contribution is -2.41. The molecule has 3 rings (SSSR count). The minimum Gasteiger partial charge on any atom is -0.334 e. The number of nitrogens with two attached hydrogens (primary N) is 1. The molecule has 0 amide bonds. The molecule has 1 aliphatic rings. The number of hydrogen-bond donors (Lipinski definition) is 1. The Bertz CT molecular complexity index is 645. The summed E-state index contributed by atoms with van der Waals surface area (Å²) in [5, 5.41) is 4.85. The van der Waals surface area contributed by atoms with Crippen LogP contribution in [-0.4, -0.2) is 10.1 Å². The summed E-state index contributed by atoms with van der Waals surface area (Å²) in [6.07, 6.45) is 4.04. The van der Waals surface area contributed by atoms with E-state index in [2.05, 4.69) is 17.1 Å². The maximum Gasteiger partial charge on any atom is 0.258 e. The van der Waals surface area contributed by atoms with Crippen molar-refractivity contribution in [2.75, 3.05) is 0 Å². The van der Waals surface area contributed by atoms with Crippen LogP contribution in [0.25, 0.3) is 11.5 Å². The predicted octanol–water partition coefficient (Wildman–Crippen LogP) is 4.06. The summed E-state index contributed by atoms with van der Waals surface area (Å²) >= 11 is 6.04. The molecule has 2 N–H and O–H groups in total. The third-order valence-corrected chi connectivity index (χ3v) is 4.87. The van der Waals surface area contributed by atoms with Gasteiger partial charge in [0.25, 0.3) is 5.89 Å². The van der Waals surface area contributed by atoms with Gasteiger partial charge in [-0.3, -0.25) is 0 Å². The molecule has 0 bridgehead atoms. The van der Waals surface area contributed by atoms with E-state index in [0.717, 1.165) is 47.8 Å². The van der Waals surface area contributed by atoms with Crippen LogP contribution in [0, 0.1) is 12.8 Å². The van der Waals surface area contributed by atoms with Crippen LogP contribution in [0.15, 0.2) is 22.7 Å². The zero-order valence-electron chi connectivity index (χ0n) is 12.4. The highest BCUT2D eigenvalue weighted by atomic mass is 35.5. The molecule has 0 unspecified atom stereocenters. The summed E-state index contributed by atoms with van der Waals surface area (Å²) in [4.78, 5) is 4.53. The van der Waals surface area contributed by atoms with Crippen molar-refractivity contribution in [3.8, 4) is 11.5 Å². The molecule has 1 aliphatic carbocycles. The van der Waals surface area contributed by atoms with Crippen molar-refractivity contribution in [2.24, 2.45) is 11.7 Å². The van der Waals surface area contributed by atoms with E-state index in [1.165, 1.54) is 0 Å². The first-order valence-electron chi connectivity index (χ1n) is 7.37. The molecule has 0 spiro atoms. The maximum absolute atomic E-state index is 6.48. The van der Waals surface area contributed by atoms with E-state index in [-0.39, 0.29) is 0 Å². The standard InChI is InChI=1S/C16H20ClN3O/c1-10-5-7-16(18,8-6-10)15-19-14(21-20-15)12-3-4-13(17)11(2)9-12/h3-4,9-10H,5-8,18H2,1-2H3. The largest absolute Gasteiger partial charge is 0.334 e. The van der Waals surface area contributed by atoms with Crippen LogP contribution < -0.4 is 5.73 Å². The fourth-order valence-electron chi connectivity index (χ4n) is 2.82. The number of benzene rings is 1. The lowest BCUT2D eigenvalue weighted by atomic mass is 9.77. The Kier molecular flexibility index (Phi) is 3.76. The zero-order chi connectivity index (χ0) is 15.0. The fourth-order valence-corrected chi connectivity index (χ4v) is 2.94. The average molecular weight is 306 g/mol. The summed E-state index contributed by atoms with van der Waals surface area (Å²) in [5.41, 5.74) is 7.90. The van der Waals surface area contributed by atoms with Gasteiger partial charge in [-0.05, 0) is 62.3 Å². The lowest BCUT2D eigenvalue weighted by molar-refractivity contribution is 0.230. The molecule has 1 heterocycles. The Morgan fingerprint density at radius 1 is 1.33 bits per heavy atom. The summed E-state index contributed by atoms with van der Waals surface area (Å²) in [6, 6.07) is 5.68. The average Bonchev–Trinajstić information content (AvgIpc) is 2.96. The van der Waals surface area contributed by atoms with Crippen molar-refractivity contribution in [3.05, 3.63) is 34.6 Å². The molecular formula is C16H20ClN3O. The molecule has 1 saturated carbocycles. The van der Waals surface area contributed by atoms with Gasteiger partial charge in [0.15, 0.2) is 5.82 Å². The van der Waals surface area contributed by atoms with Gasteiger partial charge in [0.05, 0.1) is 5.54 Å². The van der Waals surface area contributed by atoms with E-state index >= 15 is 0 Å². The summed E-state index contributed by atoms with van der Waals surface area (Å²) in [7, 11) is 0. The first-order chi connectivity index (χ1) is 9.98. The fraction of sp³-hybridized carbons (Fsp3) is 0.500. The first kappa shape index (κ1) is 14.5. The zero-order valence-corrected chi connectivity index (χ0v) is 13.2. The maximum atomic E-state index is 6.48. The summed E-state index contributed by atoms with van der Waals surface area (Å²) < 4.78 is 5.41. The van der Waals surface area contributed by atoms with E-state index in [9.17, 15) is 0 Å². The Balaban J connectivity index is 1.87. The van der Waals surface area contributed by atoms with Gasteiger partial charge in [-0.1, -0.05) is 23.7 Å². The van der Waals surface area contributed by atoms with E-state index in [0.29, 0.717) is 11.7 Å². The quantitative estimate of drug-likeness (QED) is 0.908. The SMILES string of the molecule is Cc1cc(-c2nc(C3(N)CCC(C)CC3)no2)ccc1Cl. The third-order valence-electron chi connectivity index (χ3n) is 4.44. The molecule has 0 aliphatic heterocycles. The van der Waals surface area contributed by atoms with Gasteiger partial charge in [-0.15, -0.1) is 0 Å². The third kappa shape index (κ3) is 2.83. The molecule has 1 aromatic heterocycles. The second kappa shape index (κ2) is 5.43. The number of aromatic nitrogens is 2. The molecule has 0 radical (unpaired) electrons. The van der Waals surface area contributed by atoms with E-state index in [1.54, 1.807) is 0 Å². The summed E-state index contributed by atoms with van der Waals surface area (Å²) in [6.45, 7) is 4.22. The molecule has 4 nitrogen and oxygen atoms in total. The Morgan fingerprint density at radius 3 is 2.71 bits per heavy atom. The van der Waals surface area contributed by atoms with Crippen molar-refractivity contribution in [1.82, 2.24) is 10.1 Å². The van der Waals surface area contributed by atoms with Crippen molar-refractivity contribution in [3.63, 3.8) is 0 Å². The van der Waals surface area contributed by atoms with Crippen molar-refractivity contribution >= 4 is 11.6 Å². The van der Waals surface area contributed by atoms with Crippen LogP contribution >= 0.6 is 11.6 Å². The first-order valence-corrected chi connectivity index (χ1v) is 7.75. The molecule has 0 atom stereocenters. The molecule has 112 valence electrons. The molecule has 1 fully saturated rings. The molecule has 2 aromatic rings. The Hall–Kier alpha value is -1.39. The summed E-state index contributed by atoms with van der Waals surface area (Å²) in [5.74, 6) is 1.86. The van der Waals surface area contributed by atoms with E-state index in [4.69, 9.17) is 21.9 Å². The minimum atomic E-state index is -0.449. The van der Waals surface area contributed by atoms with Crippen molar-refractivity contribution in [1.29, 1.82) is 0 Å². The van der Waals surface area contributed by atoms with E-state index < -0.39 is 5.54 Å². The Morgan fingerprint density at radius 2 is 2.05 bits per heavy atom. The number of hydrogen-bond acceptors (Lipinski definition) is 4. The number of nitrogens with zero attached hydrogens (tertiary/aromatic N) is 2. The van der Waals surface area contributed by atoms with Crippen LogP contribution in [0.4, 0.5) is 0 Å². The molecular weight excluding hydrogens is 286 g/mol. The molecule has 1 aromatic carbocycles. The normalized spacial score (nSPS) is 26.0. The highest BCUT2D eigenvalue weighted by molar-refractivity contribution is 6.31. The van der Waals surface area contributed by atoms with Crippen LogP contribution in [0.3, 0.4) is 0 Å². The van der Waals surface area contributed by atoms with E-state index in [1.807, 2.05) is 25.1 Å². The van der Waals surface area contributed by atoms with Crippen molar-refractivity contribution < 1.29 is 4.52 Å². The Labute approximate surface area is 129 Å². The van der Waals surface area contributed by atoms with Gasteiger partial charge in [-0.2, -0.15) is 4.98 Å². The van der Waals surface area contributed by atoms with Crippen molar-refractivity contribution in [2.45, 2.75) is 45.1 Å². The van der Waals surface area contributed by atoms with Crippen LogP contribution in [0.5, 0.6) is 0 Å². The predicted molar refractivity (Wildman–Crippen MR) is 83.0 cm³/mol. The van der Waals surface area contributed by atoms with Gasteiger partial charge in [0, 0.05) is 10.6 Å². The highest BCUT2D eigenvalue weighted by Crippen LogP contribution is 2.36. The molecule has 0 saturated heterocycles. The smallest absolute Gasteiger partial charge is 0.258 e. The lowest BCUT2D eigenvalue weighted by Gasteiger charge is -2.33. The second-order valence-corrected chi connectivity index (χ2v) is 6.63. The molecule has 21 heavy (non-hydrogen) atoms. The number of rotatable bonds is 2. The second-order valence-electron chi connectivity index (χ2n) is 6.23.